The van der Waals surface area contributed by atoms with Gasteiger partial charge >= 0.3 is 0 Å². The molecule has 0 bridgehead atoms. The third-order valence-corrected chi connectivity index (χ3v) is 3.49. The summed E-state index contributed by atoms with van der Waals surface area (Å²) in [5.74, 6) is 0.426. The number of nitrogens with one attached hydrogen (secondary N) is 1. The predicted octanol–water partition coefficient (Wildman–Crippen LogP) is 2.85. The number of amides is 1. The van der Waals surface area contributed by atoms with Gasteiger partial charge in [0.2, 0.25) is 0 Å². The van der Waals surface area contributed by atoms with E-state index in [0.717, 1.165) is 16.7 Å². The zero-order valence-electron chi connectivity index (χ0n) is 13.5. The normalized spacial score (nSPS) is 10.7. The largest absolute Gasteiger partial charge is 0.507 e. The van der Waals surface area contributed by atoms with Gasteiger partial charge in [-0.1, -0.05) is 23.8 Å². The number of hydrogen-bond donors (Lipinski definition) is 2. The second kappa shape index (κ2) is 7.45. The maximum Gasteiger partial charge on any atom is 0.277 e. The maximum absolute atomic E-state index is 11.7. The molecule has 0 aliphatic rings. The van der Waals surface area contributed by atoms with Gasteiger partial charge in [-0.05, 0) is 50.1 Å². The molecule has 0 atom stereocenters. The van der Waals surface area contributed by atoms with E-state index in [-0.39, 0.29) is 18.3 Å². The topological polar surface area (TPSA) is 70.9 Å². The third kappa shape index (κ3) is 4.57. The van der Waals surface area contributed by atoms with Crippen molar-refractivity contribution in [3.63, 3.8) is 0 Å². The average Bonchev–Trinajstić information content (AvgIpc) is 2.52. The molecule has 0 aromatic heterocycles. The Hall–Kier alpha value is -2.82. The molecule has 2 rings (SSSR count). The van der Waals surface area contributed by atoms with Crippen molar-refractivity contribution in [1.82, 2.24) is 5.43 Å². The maximum atomic E-state index is 11.7. The van der Waals surface area contributed by atoms with Gasteiger partial charge in [0.15, 0.2) is 6.61 Å². The molecule has 2 aromatic rings. The van der Waals surface area contributed by atoms with Crippen molar-refractivity contribution in [2.45, 2.75) is 20.8 Å². The molecule has 0 unspecified atom stereocenters. The first-order valence-electron chi connectivity index (χ1n) is 7.28. The summed E-state index contributed by atoms with van der Waals surface area (Å²) in [7, 11) is 0. The molecule has 5 heteroatoms. The molecular weight excluding hydrogens is 292 g/mol. The van der Waals surface area contributed by atoms with E-state index in [9.17, 15) is 9.90 Å². The van der Waals surface area contributed by atoms with Crippen LogP contribution in [-0.4, -0.2) is 23.8 Å². The zero-order chi connectivity index (χ0) is 16.8. The number of phenolic OH excluding ortho intramolecular Hbond substituents is 1. The van der Waals surface area contributed by atoms with Crippen LogP contribution in [0.2, 0.25) is 0 Å². The van der Waals surface area contributed by atoms with Crippen molar-refractivity contribution >= 4 is 12.1 Å². The summed E-state index contributed by atoms with van der Waals surface area (Å²) in [6, 6.07) is 10.8. The van der Waals surface area contributed by atoms with Crippen LogP contribution in [-0.2, 0) is 4.79 Å². The molecule has 0 aliphatic heterocycles. The monoisotopic (exact) mass is 312 g/mol. The van der Waals surface area contributed by atoms with Gasteiger partial charge in [-0.25, -0.2) is 5.43 Å². The Bertz CT molecular complexity index is 739. The number of aryl methyl sites for hydroxylation is 2. The zero-order valence-corrected chi connectivity index (χ0v) is 13.5. The molecule has 2 N–H and O–H groups in total. The van der Waals surface area contributed by atoms with Gasteiger partial charge in [0.05, 0.1) is 6.21 Å². The molecular formula is C18H20N2O3. The van der Waals surface area contributed by atoms with Crippen LogP contribution in [0, 0.1) is 20.8 Å². The van der Waals surface area contributed by atoms with Gasteiger partial charge in [0, 0.05) is 5.56 Å². The summed E-state index contributed by atoms with van der Waals surface area (Å²) in [5, 5.41) is 13.5. The van der Waals surface area contributed by atoms with Gasteiger partial charge in [-0.2, -0.15) is 5.10 Å². The van der Waals surface area contributed by atoms with Crippen LogP contribution < -0.4 is 10.2 Å². The van der Waals surface area contributed by atoms with Crippen molar-refractivity contribution in [3.05, 3.63) is 58.7 Å². The molecule has 0 fully saturated rings. The highest BCUT2D eigenvalue weighted by molar-refractivity contribution is 5.85. The molecule has 0 saturated carbocycles. The molecule has 23 heavy (non-hydrogen) atoms. The highest BCUT2D eigenvalue weighted by Gasteiger charge is 2.05. The van der Waals surface area contributed by atoms with E-state index in [4.69, 9.17) is 4.74 Å². The van der Waals surface area contributed by atoms with Crippen LogP contribution in [0.1, 0.15) is 22.3 Å². The van der Waals surface area contributed by atoms with Gasteiger partial charge in [-0.3, -0.25) is 4.79 Å². The fourth-order valence-corrected chi connectivity index (χ4v) is 2.01. The van der Waals surface area contributed by atoms with E-state index in [2.05, 4.69) is 10.5 Å². The van der Waals surface area contributed by atoms with E-state index < -0.39 is 0 Å². The lowest BCUT2D eigenvalue weighted by Gasteiger charge is -2.09. The van der Waals surface area contributed by atoms with E-state index in [1.807, 2.05) is 39.0 Å². The van der Waals surface area contributed by atoms with E-state index in [1.54, 1.807) is 18.2 Å². The smallest absolute Gasteiger partial charge is 0.277 e. The number of aromatic hydroxyl groups is 1. The fraction of sp³-hybridized carbons (Fsp3) is 0.222. The van der Waals surface area contributed by atoms with Crippen molar-refractivity contribution in [1.29, 1.82) is 0 Å². The molecule has 1 amide bonds. The molecule has 120 valence electrons. The van der Waals surface area contributed by atoms with Crippen LogP contribution in [0.25, 0.3) is 0 Å². The van der Waals surface area contributed by atoms with Gasteiger partial charge in [-0.15, -0.1) is 0 Å². The number of benzene rings is 2. The SMILES string of the molecule is Cc1ccc(O)c(/C=N/NC(=O)COc2cccc(C)c2C)c1. The number of ether oxygens (including phenoxy) is 1. The fourth-order valence-electron chi connectivity index (χ4n) is 2.01. The first kappa shape index (κ1) is 16.5. The van der Waals surface area contributed by atoms with E-state index in [1.165, 1.54) is 6.21 Å². The summed E-state index contributed by atoms with van der Waals surface area (Å²) in [6.07, 6.45) is 1.40. The Labute approximate surface area is 135 Å². The Morgan fingerprint density at radius 3 is 2.83 bits per heavy atom. The third-order valence-electron chi connectivity index (χ3n) is 3.49. The minimum Gasteiger partial charge on any atom is -0.507 e. The molecule has 0 aliphatic carbocycles. The molecule has 0 spiro atoms. The summed E-state index contributed by atoms with van der Waals surface area (Å²) >= 11 is 0. The number of rotatable bonds is 5. The van der Waals surface area contributed by atoms with E-state index in [0.29, 0.717) is 11.3 Å². The average molecular weight is 312 g/mol. The lowest BCUT2D eigenvalue weighted by Crippen LogP contribution is -2.24. The first-order chi connectivity index (χ1) is 11.0. The predicted molar refractivity (Wildman–Crippen MR) is 90.0 cm³/mol. The van der Waals surface area contributed by atoms with Crippen LogP contribution in [0.15, 0.2) is 41.5 Å². The number of carbonyl (C=O) groups is 1. The summed E-state index contributed by atoms with van der Waals surface area (Å²) in [6.45, 7) is 5.72. The van der Waals surface area contributed by atoms with Gasteiger partial charge in [0.25, 0.3) is 5.91 Å². The highest BCUT2D eigenvalue weighted by Crippen LogP contribution is 2.20. The quantitative estimate of drug-likeness (QED) is 0.659. The number of carbonyl (C=O) groups excluding carboxylic acids is 1. The minimum absolute atomic E-state index is 0.111. The Morgan fingerprint density at radius 1 is 1.26 bits per heavy atom. The number of hydrazone groups is 1. The van der Waals surface area contributed by atoms with E-state index >= 15 is 0 Å². The van der Waals surface area contributed by atoms with Crippen molar-refractivity contribution in [3.8, 4) is 11.5 Å². The molecule has 0 heterocycles. The molecule has 0 radical (unpaired) electrons. The summed E-state index contributed by atoms with van der Waals surface area (Å²) in [5.41, 5.74) is 6.03. The summed E-state index contributed by atoms with van der Waals surface area (Å²) in [4.78, 5) is 11.7. The highest BCUT2D eigenvalue weighted by atomic mass is 16.5. The van der Waals surface area contributed by atoms with Crippen molar-refractivity contribution in [2.75, 3.05) is 6.61 Å². The van der Waals surface area contributed by atoms with Gasteiger partial charge in [0.1, 0.15) is 11.5 Å². The van der Waals surface area contributed by atoms with Crippen LogP contribution in [0.5, 0.6) is 11.5 Å². The van der Waals surface area contributed by atoms with Crippen LogP contribution in [0.3, 0.4) is 0 Å². The molecule has 5 nitrogen and oxygen atoms in total. The number of phenols is 1. The van der Waals surface area contributed by atoms with Crippen molar-refractivity contribution < 1.29 is 14.6 Å². The Morgan fingerprint density at radius 2 is 2.04 bits per heavy atom. The number of hydrogen-bond acceptors (Lipinski definition) is 4. The second-order valence-electron chi connectivity index (χ2n) is 5.34. The first-order valence-corrected chi connectivity index (χ1v) is 7.28. The minimum atomic E-state index is -0.366. The number of nitrogens with zero attached hydrogens (tertiary/aromatic N) is 1. The van der Waals surface area contributed by atoms with Gasteiger partial charge < -0.3 is 9.84 Å². The Balaban J connectivity index is 1.89. The lowest BCUT2D eigenvalue weighted by molar-refractivity contribution is -0.123. The van der Waals surface area contributed by atoms with Crippen LogP contribution >= 0.6 is 0 Å². The standard InChI is InChI=1S/C18H20N2O3/c1-12-7-8-16(21)15(9-12)10-19-20-18(22)11-23-17-6-4-5-13(2)14(17)3/h4-10,21H,11H2,1-3H3,(H,20,22)/b19-10+. The Kier molecular flexibility index (Phi) is 5.36. The van der Waals surface area contributed by atoms with Crippen LogP contribution in [0.4, 0.5) is 0 Å². The second-order valence-corrected chi connectivity index (χ2v) is 5.34. The lowest BCUT2D eigenvalue weighted by atomic mass is 10.1. The molecule has 2 aromatic carbocycles. The van der Waals surface area contributed by atoms with Crippen molar-refractivity contribution in [2.24, 2.45) is 5.10 Å². The molecule has 0 saturated heterocycles. The summed E-state index contributed by atoms with van der Waals surface area (Å²) < 4.78 is 5.49.